The van der Waals surface area contributed by atoms with Crippen LogP contribution in [0.15, 0.2) is 35.1 Å². The second-order valence-electron chi connectivity index (χ2n) is 11.1. The molecule has 2 aromatic rings. The van der Waals surface area contributed by atoms with Gasteiger partial charge >= 0.3 is 0 Å². The fourth-order valence-corrected chi connectivity index (χ4v) is 7.77. The predicted molar refractivity (Wildman–Crippen MR) is 158 cm³/mol. The molecule has 3 heterocycles. The zero-order valence-corrected chi connectivity index (χ0v) is 25.0. The molecule has 216 valence electrons. The number of nitrogens with zero attached hydrogens (tertiary/aromatic N) is 3. The molecule has 1 aromatic heterocycles. The maximum absolute atomic E-state index is 13.3. The lowest BCUT2D eigenvalue weighted by Crippen LogP contribution is -2.53. The maximum Gasteiger partial charge on any atom is 0.264 e. The van der Waals surface area contributed by atoms with Gasteiger partial charge in [-0.2, -0.15) is 16.1 Å². The Kier molecular flexibility index (Phi) is 9.80. The monoisotopic (exact) mass is 578 g/mol. The summed E-state index contributed by atoms with van der Waals surface area (Å²) in [5, 5.41) is 14.8. The van der Waals surface area contributed by atoms with Gasteiger partial charge in [-0.25, -0.2) is 8.42 Å². The quantitative estimate of drug-likeness (QED) is 0.373. The van der Waals surface area contributed by atoms with Crippen molar-refractivity contribution in [2.45, 2.75) is 76.7 Å². The fraction of sp³-hybridized carbons (Fsp3) is 0.643. The van der Waals surface area contributed by atoms with Crippen molar-refractivity contribution in [3.63, 3.8) is 0 Å². The van der Waals surface area contributed by atoms with E-state index in [0.29, 0.717) is 18.8 Å². The van der Waals surface area contributed by atoms with Gasteiger partial charge in [0.25, 0.3) is 11.5 Å². The van der Waals surface area contributed by atoms with Gasteiger partial charge in [0.1, 0.15) is 5.56 Å². The van der Waals surface area contributed by atoms with Gasteiger partial charge in [0.05, 0.1) is 17.9 Å². The third kappa shape index (κ3) is 7.05. The average molecular weight is 579 g/mol. The molecule has 2 saturated heterocycles. The molecule has 0 aliphatic carbocycles. The topological polar surface area (TPSA) is 112 Å². The first-order chi connectivity index (χ1) is 18.5. The second-order valence-corrected chi connectivity index (χ2v) is 14.5. The molecule has 39 heavy (non-hydrogen) atoms. The molecule has 2 fully saturated rings. The molecule has 2 aliphatic heterocycles. The number of aliphatic hydroxyl groups is 1. The fourth-order valence-electron chi connectivity index (χ4n) is 6.15. The number of aromatic nitrogens is 1. The number of nitrogens with one attached hydrogen (secondary N) is 1. The van der Waals surface area contributed by atoms with Gasteiger partial charge in [0.2, 0.25) is 10.0 Å². The molecule has 3 unspecified atom stereocenters. The number of thioether (sulfide) groups is 1. The number of hydrogen-bond acceptors (Lipinski definition) is 7. The zero-order valence-electron chi connectivity index (χ0n) is 23.4. The first-order valence-electron chi connectivity index (χ1n) is 13.9. The molecular weight excluding hydrogens is 536 g/mol. The van der Waals surface area contributed by atoms with E-state index in [9.17, 15) is 23.1 Å². The van der Waals surface area contributed by atoms with Gasteiger partial charge in [-0.3, -0.25) is 14.5 Å². The maximum atomic E-state index is 13.3. The normalized spacial score (nSPS) is 22.6. The highest BCUT2D eigenvalue weighted by Gasteiger charge is 2.42. The van der Waals surface area contributed by atoms with Gasteiger partial charge in [0, 0.05) is 49.6 Å². The van der Waals surface area contributed by atoms with E-state index in [1.165, 1.54) is 10.6 Å². The minimum Gasteiger partial charge on any atom is -0.390 e. The zero-order chi connectivity index (χ0) is 28.3. The van der Waals surface area contributed by atoms with Crippen LogP contribution in [0.1, 0.15) is 62.9 Å². The Bertz CT molecular complexity index is 1310. The molecule has 1 amide bonds. The lowest BCUT2D eigenvalue weighted by atomic mass is 9.96. The van der Waals surface area contributed by atoms with Crippen molar-refractivity contribution in [1.82, 2.24) is 19.1 Å². The van der Waals surface area contributed by atoms with E-state index in [1.54, 1.807) is 22.4 Å². The third-order valence-corrected chi connectivity index (χ3v) is 10.1. The first kappa shape index (κ1) is 30.0. The highest BCUT2D eigenvalue weighted by atomic mass is 32.2. The average Bonchev–Trinajstić information content (AvgIpc) is 3.09. The molecule has 0 saturated carbocycles. The van der Waals surface area contributed by atoms with Crippen LogP contribution in [0.4, 0.5) is 0 Å². The standard InChI is InChI=1S/C28H42N4O5S2/c1-5-38-13-12-30(39(4,36)37)17-24(33)18-31-22-10-11-23(31)16-21(15-22)29-27(34)25-14-20-8-6-7-9-26(20)32(19(2)3)28(25)35/h6-9,14,19,21-24,33H,5,10-13,15-18H2,1-4H3,(H,29,34). The number of sulfonamides is 1. The van der Waals surface area contributed by atoms with Crippen molar-refractivity contribution in [2.24, 2.45) is 0 Å². The Morgan fingerprint density at radius 3 is 2.49 bits per heavy atom. The SMILES string of the molecule is CCSCCN(CC(O)CN1C2CCC1CC(NC(=O)c1cc3ccccc3n(C(C)C)c1=O)C2)S(C)(=O)=O. The minimum atomic E-state index is -3.40. The number of piperidine rings is 1. The number of rotatable bonds is 12. The summed E-state index contributed by atoms with van der Waals surface area (Å²) in [5.74, 6) is 1.28. The molecular formula is C28H42N4O5S2. The summed E-state index contributed by atoms with van der Waals surface area (Å²) in [5.41, 5.74) is 0.699. The van der Waals surface area contributed by atoms with E-state index in [4.69, 9.17) is 0 Å². The van der Waals surface area contributed by atoms with Crippen LogP contribution in [-0.2, 0) is 10.0 Å². The van der Waals surface area contributed by atoms with E-state index in [1.807, 2.05) is 45.0 Å². The Morgan fingerprint density at radius 1 is 1.21 bits per heavy atom. The summed E-state index contributed by atoms with van der Waals surface area (Å²) in [6, 6.07) is 9.58. The minimum absolute atomic E-state index is 0.0552. The Morgan fingerprint density at radius 2 is 1.87 bits per heavy atom. The van der Waals surface area contributed by atoms with E-state index in [0.717, 1.165) is 42.3 Å². The van der Waals surface area contributed by atoms with Crippen molar-refractivity contribution in [3.8, 4) is 0 Å². The van der Waals surface area contributed by atoms with Crippen LogP contribution >= 0.6 is 11.8 Å². The van der Waals surface area contributed by atoms with Gasteiger partial charge in [0.15, 0.2) is 0 Å². The number of amides is 1. The summed E-state index contributed by atoms with van der Waals surface area (Å²) < 4.78 is 27.5. The van der Waals surface area contributed by atoms with E-state index in [2.05, 4.69) is 10.2 Å². The van der Waals surface area contributed by atoms with E-state index < -0.39 is 16.1 Å². The highest BCUT2D eigenvalue weighted by molar-refractivity contribution is 7.99. The highest BCUT2D eigenvalue weighted by Crippen LogP contribution is 2.36. The predicted octanol–water partition coefficient (Wildman–Crippen LogP) is 2.68. The van der Waals surface area contributed by atoms with Crippen LogP contribution in [0.3, 0.4) is 0 Å². The Hall–Kier alpha value is -1.92. The first-order valence-corrected chi connectivity index (χ1v) is 16.9. The van der Waals surface area contributed by atoms with Crippen LogP contribution < -0.4 is 10.9 Å². The second kappa shape index (κ2) is 12.7. The molecule has 0 spiro atoms. The number of fused-ring (bicyclic) bond motifs is 3. The van der Waals surface area contributed by atoms with Crippen molar-refractivity contribution in [1.29, 1.82) is 0 Å². The molecule has 9 nitrogen and oxygen atoms in total. The number of pyridine rings is 1. The molecule has 0 radical (unpaired) electrons. The van der Waals surface area contributed by atoms with Crippen molar-refractivity contribution < 1.29 is 18.3 Å². The molecule has 1 aromatic carbocycles. The molecule has 2 aliphatic rings. The summed E-state index contributed by atoms with van der Waals surface area (Å²) in [4.78, 5) is 28.9. The molecule has 11 heteroatoms. The van der Waals surface area contributed by atoms with E-state index in [-0.39, 0.29) is 47.7 Å². The summed E-state index contributed by atoms with van der Waals surface area (Å²) >= 11 is 1.68. The van der Waals surface area contributed by atoms with Gasteiger partial charge in [-0.05, 0) is 62.8 Å². The largest absolute Gasteiger partial charge is 0.390 e. The van der Waals surface area contributed by atoms with Crippen LogP contribution in [0.5, 0.6) is 0 Å². The number of hydrogen-bond donors (Lipinski definition) is 2. The summed E-state index contributed by atoms with van der Waals surface area (Å²) in [6.07, 6.45) is 3.84. The molecule has 2 N–H and O–H groups in total. The number of aliphatic hydroxyl groups excluding tert-OH is 1. The third-order valence-electron chi connectivity index (χ3n) is 7.92. The smallest absolute Gasteiger partial charge is 0.264 e. The van der Waals surface area contributed by atoms with Crippen LogP contribution in [-0.4, -0.2) is 94.8 Å². The molecule has 3 atom stereocenters. The lowest BCUT2D eigenvalue weighted by Gasteiger charge is -2.40. The molecule has 2 bridgehead atoms. The van der Waals surface area contributed by atoms with Crippen molar-refractivity contribution in [2.75, 3.05) is 37.4 Å². The van der Waals surface area contributed by atoms with E-state index >= 15 is 0 Å². The number of carbonyl (C=O) groups excluding carboxylic acids is 1. The number of benzene rings is 1. The van der Waals surface area contributed by atoms with Crippen LogP contribution in [0, 0.1) is 0 Å². The van der Waals surface area contributed by atoms with Gasteiger partial charge in [-0.1, -0.05) is 25.1 Å². The van der Waals surface area contributed by atoms with Gasteiger partial charge < -0.3 is 15.0 Å². The van der Waals surface area contributed by atoms with Crippen molar-refractivity contribution >= 4 is 38.6 Å². The lowest BCUT2D eigenvalue weighted by molar-refractivity contribution is 0.0435. The Labute approximate surface area is 236 Å². The molecule has 4 rings (SSSR count). The number of para-hydroxylation sites is 1. The van der Waals surface area contributed by atoms with Crippen molar-refractivity contribution in [3.05, 3.63) is 46.2 Å². The summed E-state index contributed by atoms with van der Waals surface area (Å²) in [7, 11) is -3.40. The van der Waals surface area contributed by atoms with Crippen LogP contribution in [0.2, 0.25) is 0 Å². The van der Waals surface area contributed by atoms with Crippen LogP contribution in [0.25, 0.3) is 10.9 Å². The summed E-state index contributed by atoms with van der Waals surface area (Å²) in [6.45, 7) is 6.81. The Balaban J connectivity index is 1.40. The number of carbonyl (C=O) groups is 1. The van der Waals surface area contributed by atoms with Gasteiger partial charge in [-0.15, -0.1) is 0 Å².